The molecule has 1 fully saturated rings. The highest BCUT2D eigenvalue weighted by Crippen LogP contribution is 2.08. The molecule has 0 amide bonds. The molecular weight excluding hydrogens is 188 g/mol. The van der Waals surface area contributed by atoms with Gasteiger partial charge in [-0.25, -0.2) is 0 Å². The van der Waals surface area contributed by atoms with Gasteiger partial charge in [0, 0.05) is 19.0 Å². The minimum Gasteiger partial charge on any atom is -0.314 e. The molecule has 0 saturated carbocycles. The van der Waals surface area contributed by atoms with Crippen molar-refractivity contribution in [3.63, 3.8) is 0 Å². The quantitative estimate of drug-likeness (QED) is 0.683. The van der Waals surface area contributed by atoms with E-state index in [0.717, 1.165) is 25.4 Å². The van der Waals surface area contributed by atoms with Crippen molar-refractivity contribution in [2.45, 2.75) is 45.6 Å². The standard InChI is InChI=1S/C10H20N2O.C2H6/c1-12(7-3-9-13)8-5-10-4-2-6-11-10;1-2/h9-11H,2-8H2,1H3;1-2H3. The molecule has 0 aromatic heterocycles. The topological polar surface area (TPSA) is 32.3 Å². The number of aldehydes is 1. The molecule has 0 aromatic rings. The molecule has 1 saturated heterocycles. The number of hydrogen-bond acceptors (Lipinski definition) is 3. The molecule has 1 N–H and O–H groups in total. The molecule has 0 bridgehead atoms. The summed E-state index contributed by atoms with van der Waals surface area (Å²) in [5, 5.41) is 3.47. The Hall–Kier alpha value is -0.410. The first-order valence-electron chi connectivity index (χ1n) is 6.18. The van der Waals surface area contributed by atoms with E-state index in [1.807, 2.05) is 13.8 Å². The van der Waals surface area contributed by atoms with Crippen LogP contribution in [0, 0.1) is 0 Å². The Morgan fingerprint density at radius 1 is 1.40 bits per heavy atom. The van der Waals surface area contributed by atoms with Crippen LogP contribution in [0.2, 0.25) is 0 Å². The van der Waals surface area contributed by atoms with Crippen LogP contribution in [-0.4, -0.2) is 43.9 Å². The van der Waals surface area contributed by atoms with Gasteiger partial charge in [0.15, 0.2) is 0 Å². The lowest BCUT2D eigenvalue weighted by atomic mass is 10.1. The van der Waals surface area contributed by atoms with E-state index in [1.165, 1.54) is 25.8 Å². The zero-order valence-electron chi connectivity index (χ0n) is 10.5. The van der Waals surface area contributed by atoms with E-state index in [2.05, 4.69) is 17.3 Å². The van der Waals surface area contributed by atoms with Crippen LogP contribution in [0.3, 0.4) is 0 Å². The molecule has 1 aliphatic rings. The molecule has 1 unspecified atom stereocenters. The van der Waals surface area contributed by atoms with E-state index >= 15 is 0 Å². The van der Waals surface area contributed by atoms with Crippen molar-refractivity contribution < 1.29 is 4.79 Å². The zero-order valence-corrected chi connectivity index (χ0v) is 10.5. The maximum Gasteiger partial charge on any atom is 0.121 e. The number of carbonyl (C=O) groups excluding carboxylic acids is 1. The van der Waals surface area contributed by atoms with Gasteiger partial charge in [-0.15, -0.1) is 0 Å². The fraction of sp³-hybridized carbons (Fsp3) is 0.917. The molecule has 90 valence electrons. The average molecular weight is 214 g/mol. The summed E-state index contributed by atoms with van der Waals surface area (Å²) in [4.78, 5) is 12.4. The number of hydrogen-bond donors (Lipinski definition) is 1. The van der Waals surface area contributed by atoms with E-state index in [-0.39, 0.29) is 0 Å². The third kappa shape index (κ3) is 7.51. The molecule has 0 spiro atoms. The molecule has 3 heteroatoms. The average Bonchev–Trinajstić information content (AvgIpc) is 2.79. The van der Waals surface area contributed by atoms with Gasteiger partial charge in [-0.1, -0.05) is 13.8 Å². The van der Waals surface area contributed by atoms with Crippen LogP contribution >= 0.6 is 0 Å². The molecule has 0 aromatic carbocycles. The highest BCUT2D eigenvalue weighted by molar-refractivity contribution is 5.49. The predicted molar refractivity (Wildman–Crippen MR) is 65.2 cm³/mol. The Balaban J connectivity index is 0.000000921. The van der Waals surface area contributed by atoms with Crippen LogP contribution in [-0.2, 0) is 4.79 Å². The van der Waals surface area contributed by atoms with E-state index in [9.17, 15) is 4.79 Å². The summed E-state index contributed by atoms with van der Waals surface area (Å²) in [5.74, 6) is 0. The van der Waals surface area contributed by atoms with Crippen LogP contribution in [0.15, 0.2) is 0 Å². The van der Waals surface area contributed by atoms with Gasteiger partial charge in [0.2, 0.25) is 0 Å². The summed E-state index contributed by atoms with van der Waals surface area (Å²) in [5.41, 5.74) is 0. The van der Waals surface area contributed by atoms with Gasteiger partial charge < -0.3 is 15.0 Å². The monoisotopic (exact) mass is 214 g/mol. The molecular formula is C12H26N2O. The van der Waals surface area contributed by atoms with Gasteiger partial charge in [-0.05, 0) is 39.4 Å². The van der Waals surface area contributed by atoms with Gasteiger partial charge in [-0.3, -0.25) is 0 Å². The van der Waals surface area contributed by atoms with Crippen molar-refractivity contribution in [1.29, 1.82) is 0 Å². The Morgan fingerprint density at radius 2 is 2.13 bits per heavy atom. The van der Waals surface area contributed by atoms with Crippen LogP contribution in [0.4, 0.5) is 0 Å². The van der Waals surface area contributed by atoms with E-state index in [4.69, 9.17) is 0 Å². The Labute approximate surface area is 94.2 Å². The lowest BCUT2D eigenvalue weighted by molar-refractivity contribution is -0.108. The van der Waals surface area contributed by atoms with Crippen molar-refractivity contribution in [3.05, 3.63) is 0 Å². The fourth-order valence-electron chi connectivity index (χ4n) is 1.76. The first kappa shape index (κ1) is 14.6. The summed E-state index contributed by atoms with van der Waals surface area (Å²) < 4.78 is 0. The second-order valence-electron chi connectivity index (χ2n) is 3.84. The van der Waals surface area contributed by atoms with Crippen LogP contribution in [0.5, 0.6) is 0 Å². The van der Waals surface area contributed by atoms with Crippen molar-refractivity contribution in [1.82, 2.24) is 10.2 Å². The summed E-state index contributed by atoms with van der Waals surface area (Å²) in [6.07, 6.45) is 5.51. The first-order chi connectivity index (χ1) is 7.33. The van der Waals surface area contributed by atoms with Crippen molar-refractivity contribution in [3.8, 4) is 0 Å². The van der Waals surface area contributed by atoms with Gasteiger partial charge in [-0.2, -0.15) is 0 Å². The summed E-state index contributed by atoms with van der Waals surface area (Å²) >= 11 is 0. The largest absolute Gasteiger partial charge is 0.314 e. The molecule has 3 nitrogen and oxygen atoms in total. The van der Waals surface area contributed by atoms with E-state index in [1.54, 1.807) is 0 Å². The summed E-state index contributed by atoms with van der Waals surface area (Å²) in [6, 6.07) is 0.721. The molecule has 1 aliphatic heterocycles. The minimum atomic E-state index is 0.661. The van der Waals surface area contributed by atoms with Gasteiger partial charge in [0.1, 0.15) is 6.29 Å². The minimum absolute atomic E-state index is 0.661. The van der Waals surface area contributed by atoms with Crippen LogP contribution in [0.1, 0.15) is 39.5 Å². The van der Waals surface area contributed by atoms with Crippen LogP contribution in [0.25, 0.3) is 0 Å². The molecule has 0 radical (unpaired) electrons. The second kappa shape index (κ2) is 10.1. The number of carbonyl (C=O) groups is 1. The Bertz CT molecular complexity index is 145. The van der Waals surface area contributed by atoms with E-state index < -0.39 is 0 Å². The van der Waals surface area contributed by atoms with Crippen molar-refractivity contribution >= 4 is 6.29 Å². The molecule has 0 aliphatic carbocycles. The highest BCUT2D eigenvalue weighted by atomic mass is 16.1. The van der Waals surface area contributed by atoms with Gasteiger partial charge in [0.05, 0.1) is 0 Å². The predicted octanol–water partition coefficient (Wildman–Crippen LogP) is 1.68. The maximum atomic E-state index is 10.1. The highest BCUT2D eigenvalue weighted by Gasteiger charge is 2.13. The normalized spacial score (nSPS) is 19.9. The lowest BCUT2D eigenvalue weighted by Crippen LogP contribution is -2.29. The summed E-state index contributed by atoms with van der Waals surface area (Å²) in [6.45, 7) is 7.18. The number of rotatable bonds is 6. The molecule has 1 atom stereocenters. The molecule has 1 heterocycles. The Kier molecular flexibility index (Phi) is 9.84. The van der Waals surface area contributed by atoms with Gasteiger partial charge in [0.25, 0.3) is 0 Å². The first-order valence-corrected chi connectivity index (χ1v) is 6.18. The number of nitrogens with zero attached hydrogens (tertiary/aromatic N) is 1. The zero-order chi connectivity index (χ0) is 11.5. The van der Waals surface area contributed by atoms with Gasteiger partial charge >= 0.3 is 0 Å². The smallest absolute Gasteiger partial charge is 0.121 e. The van der Waals surface area contributed by atoms with Crippen LogP contribution < -0.4 is 5.32 Å². The number of nitrogens with one attached hydrogen (secondary N) is 1. The van der Waals surface area contributed by atoms with Crippen molar-refractivity contribution in [2.24, 2.45) is 0 Å². The van der Waals surface area contributed by atoms with Crippen molar-refractivity contribution in [2.75, 3.05) is 26.7 Å². The SMILES string of the molecule is CC.CN(CCC=O)CCC1CCCN1. The molecule has 1 rings (SSSR count). The summed E-state index contributed by atoms with van der Waals surface area (Å²) in [7, 11) is 2.08. The fourth-order valence-corrected chi connectivity index (χ4v) is 1.76. The third-order valence-electron chi connectivity index (χ3n) is 2.65. The second-order valence-corrected chi connectivity index (χ2v) is 3.84. The lowest BCUT2D eigenvalue weighted by Gasteiger charge is -2.17. The van der Waals surface area contributed by atoms with E-state index in [0.29, 0.717) is 6.42 Å². The maximum absolute atomic E-state index is 10.1. The Morgan fingerprint density at radius 3 is 2.67 bits per heavy atom. The molecule has 15 heavy (non-hydrogen) atoms. The third-order valence-corrected chi connectivity index (χ3v) is 2.65.